The lowest BCUT2D eigenvalue weighted by atomic mass is 9.79. The number of rotatable bonds is 8. The highest BCUT2D eigenvalue weighted by atomic mass is 14.2. The summed E-state index contributed by atoms with van der Waals surface area (Å²) in [5.41, 5.74) is 3.20. The third kappa shape index (κ3) is 5.15. The van der Waals surface area contributed by atoms with E-state index in [0.717, 1.165) is 12.3 Å². The lowest BCUT2D eigenvalue weighted by Gasteiger charge is -2.26. The molecular weight excluding hydrogens is 240 g/mol. The molecular formula is C20H32. The Labute approximate surface area is 126 Å². The normalized spacial score (nSPS) is 19.2. The minimum atomic E-state index is 0.708. The van der Waals surface area contributed by atoms with Gasteiger partial charge in [0.25, 0.3) is 0 Å². The van der Waals surface area contributed by atoms with E-state index in [9.17, 15) is 0 Å². The first-order valence-electron chi connectivity index (χ1n) is 8.45. The molecule has 0 nitrogen and oxygen atoms in total. The predicted octanol–water partition coefficient (Wildman–Crippen LogP) is 6.62. The van der Waals surface area contributed by atoms with Crippen LogP contribution in [-0.2, 0) is 0 Å². The summed E-state index contributed by atoms with van der Waals surface area (Å²) in [6.07, 6.45) is 21.3. The summed E-state index contributed by atoms with van der Waals surface area (Å²) in [6, 6.07) is 0. The standard InChI is InChI=1S/C20H32/c1-5-9-13-17(6-2)18(7-3)16-19(8-4)20-14-11-10-12-15-20/h6,9-11,13-14,18-19H,5,7-8,12,15-16H2,1-4H3/b13-9-,17-6+. The quantitative estimate of drug-likeness (QED) is 0.436. The van der Waals surface area contributed by atoms with Crippen LogP contribution in [0, 0.1) is 11.8 Å². The van der Waals surface area contributed by atoms with E-state index in [-0.39, 0.29) is 0 Å². The van der Waals surface area contributed by atoms with Gasteiger partial charge in [-0.25, -0.2) is 0 Å². The fraction of sp³-hybridized carbons (Fsp3) is 0.600. The molecule has 0 radical (unpaired) electrons. The minimum absolute atomic E-state index is 0.708. The molecule has 2 unspecified atom stereocenters. The van der Waals surface area contributed by atoms with Gasteiger partial charge in [0, 0.05) is 0 Å². The molecule has 0 aromatic heterocycles. The van der Waals surface area contributed by atoms with Crippen LogP contribution in [0.3, 0.4) is 0 Å². The Hall–Kier alpha value is -1.04. The van der Waals surface area contributed by atoms with Crippen LogP contribution in [0.4, 0.5) is 0 Å². The summed E-state index contributed by atoms with van der Waals surface area (Å²) < 4.78 is 0. The Morgan fingerprint density at radius 3 is 2.55 bits per heavy atom. The zero-order chi connectivity index (χ0) is 14.8. The highest BCUT2D eigenvalue weighted by Gasteiger charge is 2.19. The predicted molar refractivity (Wildman–Crippen MR) is 91.8 cm³/mol. The van der Waals surface area contributed by atoms with Crippen molar-refractivity contribution in [2.75, 3.05) is 0 Å². The summed E-state index contributed by atoms with van der Waals surface area (Å²) in [5.74, 6) is 1.47. The van der Waals surface area contributed by atoms with Crippen LogP contribution in [0.2, 0.25) is 0 Å². The fourth-order valence-electron chi connectivity index (χ4n) is 3.15. The number of hydrogen-bond donors (Lipinski definition) is 0. The fourth-order valence-corrected chi connectivity index (χ4v) is 3.15. The summed E-state index contributed by atoms with van der Waals surface area (Å²) in [4.78, 5) is 0. The van der Waals surface area contributed by atoms with Crippen LogP contribution >= 0.6 is 0 Å². The van der Waals surface area contributed by atoms with E-state index in [1.165, 1.54) is 37.7 Å². The van der Waals surface area contributed by atoms with E-state index >= 15 is 0 Å². The number of allylic oxidation sites excluding steroid dienone is 8. The highest BCUT2D eigenvalue weighted by molar-refractivity contribution is 5.24. The van der Waals surface area contributed by atoms with Gasteiger partial charge in [-0.15, -0.1) is 0 Å². The smallest absolute Gasteiger partial charge is 0.0162 e. The van der Waals surface area contributed by atoms with Gasteiger partial charge in [0.05, 0.1) is 0 Å². The van der Waals surface area contributed by atoms with Crippen molar-refractivity contribution in [2.45, 2.75) is 66.2 Å². The SMILES string of the molecule is C/C=C(\C=C/CC)C(CC)CC(CC)C1=CC=CCC1. The van der Waals surface area contributed by atoms with Crippen molar-refractivity contribution in [2.24, 2.45) is 11.8 Å². The molecule has 20 heavy (non-hydrogen) atoms. The summed E-state index contributed by atoms with van der Waals surface area (Å²) in [7, 11) is 0. The molecule has 0 saturated carbocycles. The first-order chi connectivity index (χ1) is 9.76. The average Bonchev–Trinajstić information content (AvgIpc) is 2.51. The van der Waals surface area contributed by atoms with E-state index in [2.05, 4.69) is 64.2 Å². The van der Waals surface area contributed by atoms with Crippen molar-refractivity contribution in [3.8, 4) is 0 Å². The van der Waals surface area contributed by atoms with E-state index in [1.54, 1.807) is 5.57 Å². The molecule has 0 amide bonds. The maximum Gasteiger partial charge on any atom is -0.0162 e. The van der Waals surface area contributed by atoms with Gasteiger partial charge in [0.1, 0.15) is 0 Å². The first kappa shape index (κ1) is 17.0. The molecule has 1 aliphatic rings. The molecule has 1 aliphatic carbocycles. The topological polar surface area (TPSA) is 0 Å². The van der Waals surface area contributed by atoms with Gasteiger partial charge >= 0.3 is 0 Å². The van der Waals surface area contributed by atoms with Gasteiger partial charge in [-0.2, -0.15) is 0 Å². The lowest BCUT2D eigenvalue weighted by Crippen LogP contribution is -2.12. The van der Waals surface area contributed by atoms with Gasteiger partial charge in [0.15, 0.2) is 0 Å². The van der Waals surface area contributed by atoms with E-state index in [1.807, 2.05) is 0 Å². The summed E-state index contributed by atoms with van der Waals surface area (Å²) >= 11 is 0. The van der Waals surface area contributed by atoms with Crippen molar-refractivity contribution in [1.29, 1.82) is 0 Å². The number of hydrogen-bond acceptors (Lipinski definition) is 0. The first-order valence-corrected chi connectivity index (χ1v) is 8.45. The molecule has 0 heteroatoms. The van der Waals surface area contributed by atoms with E-state index < -0.39 is 0 Å². The van der Waals surface area contributed by atoms with Gasteiger partial charge < -0.3 is 0 Å². The van der Waals surface area contributed by atoms with Gasteiger partial charge in [-0.1, -0.05) is 62.8 Å². The third-order valence-electron chi connectivity index (χ3n) is 4.48. The summed E-state index contributed by atoms with van der Waals surface area (Å²) in [6.45, 7) is 9.06. The van der Waals surface area contributed by atoms with Crippen LogP contribution in [-0.4, -0.2) is 0 Å². The molecule has 0 saturated heterocycles. The van der Waals surface area contributed by atoms with Crippen LogP contribution in [0.15, 0.2) is 47.6 Å². The monoisotopic (exact) mass is 272 g/mol. The van der Waals surface area contributed by atoms with Crippen LogP contribution in [0.5, 0.6) is 0 Å². The second-order valence-electron chi connectivity index (χ2n) is 5.75. The Kier molecular flexibility index (Phi) is 8.34. The van der Waals surface area contributed by atoms with Crippen molar-refractivity contribution in [1.82, 2.24) is 0 Å². The molecule has 0 aromatic rings. The molecule has 0 N–H and O–H groups in total. The highest BCUT2D eigenvalue weighted by Crippen LogP contribution is 2.33. The molecule has 0 bridgehead atoms. The summed E-state index contributed by atoms with van der Waals surface area (Å²) in [5, 5.41) is 0. The Morgan fingerprint density at radius 1 is 1.25 bits per heavy atom. The van der Waals surface area contributed by atoms with Crippen molar-refractivity contribution < 1.29 is 0 Å². The molecule has 1 rings (SSSR count). The third-order valence-corrected chi connectivity index (χ3v) is 4.48. The van der Waals surface area contributed by atoms with Crippen LogP contribution < -0.4 is 0 Å². The Balaban J connectivity index is 2.76. The van der Waals surface area contributed by atoms with Crippen LogP contribution in [0.1, 0.15) is 66.2 Å². The second kappa shape index (κ2) is 9.80. The van der Waals surface area contributed by atoms with Gasteiger partial charge in [-0.3, -0.25) is 0 Å². The molecule has 112 valence electrons. The van der Waals surface area contributed by atoms with E-state index in [0.29, 0.717) is 5.92 Å². The maximum atomic E-state index is 2.36. The van der Waals surface area contributed by atoms with Crippen molar-refractivity contribution in [3.63, 3.8) is 0 Å². The molecule has 0 heterocycles. The molecule has 0 aromatic carbocycles. The largest absolute Gasteiger partial charge is 0.0845 e. The Morgan fingerprint density at radius 2 is 2.05 bits per heavy atom. The molecule has 0 aliphatic heterocycles. The van der Waals surface area contributed by atoms with Gasteiger partial charge in [0.2, 0.25) is 0 Å². The second-order valence-corrected chi connectivity index (χ2v) is 5.75. The zero-order valence-electron chi connectivity index (χ0n) is 13.9. The molecule has 0 spiro atoms. The molecule has 2 atom stereocenters. The maximum absolute atomic E-state index is 2.36. The van der Waals surface area contributed by atoms with Gasteiger partial charge in [-0.05, 0) is 62.9 Å². The minimum Gasteiger partial charge on any atom is -0.0845 e. The Bertz CT molecular complexity index is 379. The zero-order valence-corrected chi connectivity index (χ0v) is 13.9. The lowest BCUT2D eigenvalue weighted by molar-refractivity contribution is 0.425. The van der Waals surface area contributed by atoms with E-state index in [4.69, 9.17) is 0 Å². The molecule has 0 fully saturated rings. The van der Waals surface area contributed by atoms with Crippen molar-refractivity contribution in [3.05, 3.63) is 47.6 Å². The van der Waals surface area contributed by atoms with Crippen LogP contribution in [0.25, 0.3) is 0 Å². The van der Waals surface area contributed by atoms with Crippen molar-refractivity contribution >= 4 is 0 Å². The average molecular weight is 272 g/mol.